The van der Waals surface area contributed by atoms with Crippen LogP contribution < -0.4 is 5.56 Å². The van der Waals surface area contributed by atoms with E-state index in [0.717, 1.165) is 42.4 Å². The van der Waals surface area contributed by atoms with E-state index in [1.54, 1.807) is 11.8 Å². The highest BCUT2D eigenvalue weighted by Gasteiger charge is 2.31. The standard InChI is InChI=1S/C19H24N6O2/c1-13-6-5-7-14-12-15(19(26)20-16(13)14)17(24-8-3-4-9-24)18-21-22-23-25(18)10-11-27-2/h5-7,12,17H,3-4,8-11H2,1-2H3,(H,20,26). The number of hydrogen-bond acceptors (Lipinski definition) is 6. The van der Waals surface area contributed by atoms with E-state index in [4.69, 9.17) is 4.74 Å². The van der Waals surface area contributed by atoms with Crippen molar-refractivity contribution in [2.24, 2.45) is 0 Å². The fourth-order valence-corrected chi connectivity index (χ4v) is 3.85. The molecule has 0 amide bonds. The van der Waals surface area contributed by atoms with E-state index < -0.39 is 0 Å². The number of benzene rings is 1. The van der Waals surface area contributed by atoms with Crippen LogP contribution in [0.5, 0.6) is 0 Å². The molecule has 8 heteroatoms. The topological polar surface area (TPSA) is 88.9 Å². The van der Waals surface area contributed by atoms with Crippen molar-refractivity contribution < 1.29 is 4.74 Å². The molecular weight excluding hydrogens is 344 g/mol. The van der Waals surface area contributed by atoms with Gasteiger partial charge in [0.05, 0.1) is 18.7 Å². The van der Waals surface area contributed by atoms with Gasteiger partial charge in [0.2, 0.25) is 0 Å². The molecule has 0 spiro atoms. The summed E-state index contributed by atoms with van der Waals surface area (Å²) in [6.07, 6.45) is 2.22. The molecule has 27 heavy (non-hydrogen) atoms. The molecule has 1 N–H and O–H groups in total. The Balaban J connectivity index is 1.85. The van der Waals surface area contributed by atoms with Crippen molar-refractivity contribution in [1.82, 2.24) is 30.1 Å². The second kappa shape index (κ2) is 7.58. The number of fused-ring (bicyclic) bond motifs is 1. The normalized spacial score (nSPS) is 16.2. The number of aryl methyl sites for hydroxylation is 1. The molecule has 0 saturated carbocycles. The molecule has 8 nitrogen and oxygen atoms in total. The van der Waals surface area contributed by atoms with Gasteiger partial charge in [-0.25, -0.2) is 4.68 Å². The van der Waals surface area contributed by atoms with Gasteiger partial charge in [0, 0.05) is 12.7 Å². The minimum Gasteiger partial charge on any atom is -0.383 e. The first-order chi connectivity index (χ1) is 13.2. The zero-order chi connectivity index (χ0) is 18.8. The van der Waals surface area contributed by atoms with E-state index in [0.29, 0.717) is 24.5 Å². The third kappa shape index (κ3) is 3.38. The van der Waals surface area contributed by atoms with Crippen molar-refractivity contribution >= 4 is 10.9 Å². The Morgan fingerprint density at radius 2 is 2.11 bits per heavy atom. The number of aromatic nitrogens is 5. The number of ether oxygens (including phenoxy) is 1. The van der Waals surface area contributed by atoms with E-state index in [-0.39, 0.29) is 11.6 Å². The summed E-state index contributed by atoms with van der Waals surface area (Å²) in [5, 5.41) is 13.3. The predicted molar refractivity (Wildman–Crippen MR) is 102 cm³/mol. The number of hydrogen-bond donors (Lipinski definition) is 1. The van der Waals surface area contributed by atoms with Crippen LogP contribution in [0.3, 0.4) is 0 Å². The van der Waals surface area contributed by atoms with E-state index in [9.17, 15) is 4.79 Å². The van der Waals surface area contributed by atoms with Crippen molar-refractivity contribution in [2.45, 2.75) is 32.4 Å². The van der Waals surface area contributed by atoms with Crippen LogP contribution in [0.1, 0.15) is 35.8 Å². The maximum Gasteiger partial charge on any atom is 0.253 e. The molecule has 1 fully saturated rings. The number of pyridine rings is 1. The molecular formula is C19H24N6O2. The minimum atomic E-state index is -0.270. The largest absolute Gasteiger partial charge is 0.383 e. The lowest BCUT2D eigenvalue weighted by molar-refractivity contribution is 0.178. The Labute approximate surface area is 157 Å². The first-order valence-corrected chi connectivity index (χ1v) is 9.30. The Bertz CT molecular complexity index is 989. The Morgan fingerprint density at radius 1 is 1.30 bits per heavy atom. The molecule has 2 aromatic heterocycles. The first-order valence-electron chi connectivity index (χ1n) is 9.30. The molecule has 3 heterocycles. The average molecular weight is 368 g/mol. The number of likely N-dealkylation sites (tertiary alicyclic amines) is 1. The summed E-state index contributed by atoms with van der Waals surface area (Å²) in [6, 6.07) is 7.75. The molecule has 4 rings (SSSR count). The predicted octanol–water partition coefficient (Wildman–Crippen LogP) is 1.65. The Morgan fingerprint density at radius 3 is 2.89 bits per heavy atom. The number of rotatable bonds is 6. The molecule has 0 aliphatic carbocycles. The number of tetrazole rings is 1. The molecule has 0 radical (unpaired) electrons. The van der Waals surface area contributed by atoms with Gasteiger partial charge in [-0.2, -0.15) is 0 Å². The molecule has 1 unspecified atom stereocenters. The summed E-state index contributed by atoms with van der Waals surface area (Å²) in [5.74, 6) is 0.687. The van der Waals surface area contributed by atoms with Gasteiger partial charge in [0.1, 0.15) is 6.04 Å². The van der Waals surface area contributed by atoms with Crippen LogP contribution >= 0.6 is 0 Å². The number of H-pyrrole nitrogens is 1. The third-order valence-electron chi connectivity index (χ3n) is 5.23. The van der Waals surface area contributed by atoms with Crippen LogP contribution in [-0.2, 0) is 11.3 Å². The highest BCUT2D eigenvalue weighted by molar-refractivity contribution is 5.82. The molecule has 1 atom stereocenters. The molecule has 0 bridgehead atoms. The second-order valence-electron chi connectivity index (χ2n) is 6.99. The van der Waals surface area contributed by atoms with Crippen LogP contribution in [0.2, 0.25) is 0 Å². The maximum absolute atomic E-state index is 13.0. The van der Waals surface area contributed by atoms with Gasteiger partial charge in [-0.05, 0) is 60.3 Å². The van der Waals surface area contributed by atoms with Crippen molar-refractivity contribution in [1.29, 1.82) is 0 Å². The Hall–Kier alpha value is -2.58. The van der Waals surface area contributed by atoms with Gasteiger partial charge in [-0.15, -0.1) is 5.10 Å². The van der Waals surface area contributed by atoms with Gasteiger partial charge in [0.25, 0.3) is 5.56 Å². The highest BCUT2D eigenvalue weighted by Crippen LogP contribution is 2.29. The van der Waals surface area contributed by atoms with Gasteiger partial charge >= 0.3 is 0 Å². The van der Waals surface area contributed by atoms with Gasteiger partial charge in [-0.3, -0.25) is 9.69 Å². The average Bonchev–Trinajstić information content (AvgIpc) is 3.34. The number of aromatic amines is 1. The lowest BCUT2D eigenvalue weighted by atomic mass is 10.0. The molecule has 142 valence electrons. The van der Waals surface area contributed by atoms with Crippen LogP contribution in [0, 0.1) is 6.92 Å². The summed E-state index contributed by atoms with van der Waals surface area (Å²) in [4.78, 5) is 18.4. The zero-order valence-electron chi connectivity index (χ0n) is 15.7. The zero-order valence-corrected chi connectivity index (χ0v) is 15.7. The van der Waals surface area contributed by atoms with E-state index >= 15 is 0 Å². The van der Waals surface area contributed by atoms with Crippen LogP contribution in [0.15, 0.2) is 29.1 Å². The molecule has 1 aromatic carbocycles. The van der Waals surface area contributed by atoms with Crippen molar-refractivity contribution in [3.8, 4) is 0 Å². The summed E-state index contributed by atoms with van der Waals surface area (Å²) < 4.78 is 6.92. The van der Waals surface area contributed by atoms with Crippen LogP contribution in [-0.4, -0.2) is 56.9 Å². The smallest absolute Gasteiger partial charge is 0.253 e. The SMILES string of the molecule is COCCn1nnnc1C(c1cc2cccc(C)c2[nH]c1=O)N1CCCC1. The number of para-hydroxylation sites is 1. The Kier molecular flexibility index (Phi) is 5.00. The van der Waals surface area contributed by atoms with Crippen molar-refractivity contribution in [3.63, 3.8) is 0 Å². The maximum atomic E-state index is 13.0. The van der Waals surface area contributed by atoms with Crippen LogP contribution in [0.4, 0.5) is 0 Å². The third-order valence-corrected chi connectivity index (χ3v) is 5.23. The fraction of sp³-hybridized carbons (Fsp3) is 0.474. The van der Waals surface area contributed by atoms with E-state index in [1.165, 1.54) is 0 Å². The van der Waals surface area contributed by atoms with Crippen molar-refractivity contribution in [2.75, 3.05) is 26.8 Å². The number of methoxy groups -OCH3 is 1. The lowest BCUT2D eigenvalue weighted by Crippen LogP contribution is -2.33. The molecule has 1 aliphatic heterocycles. The molecule has 1 saturated heterocycles. The highest BCUT2D eigenvalue weighted by atomic mass is 16.5. The summed E-state index contributed by atoms with van der Waals surface area (Å²) in [7, 11) is 1.65. The van der Waals surface area contributed by atoms with Crippen molar-refractivity contribution in [3.05, 3.63) is 51.6 Å². The molecule has 1 aliphatic rings. The van der Waals surface area contributed by atoms with Crippen LogP contribution in [0.25, 0.3) is 10.9 Å². The van der Waals surface area contributed by atoms with Gasteiger partial charge in [-0.1, -0.05) is 18.2 Å². The summed E-state index contributed by atoms with van der Waals surface area (Å²) >= 11 is 0. The number of nitrogens with zero attached hydrogens (tertiary/aromatic N) is 5. The monoisotopic (exact) mass is 368 g/mol. The van der Waals surface area contributed by atoms with E-state index in [2.05, 4.69) is 25.4 Å². The quantitative estimate of drug-likeness (QED) is 0.712. The van der Waals surface area contributed by atoms with Gasteiger partial charge < -0.3 is 9.72 Å². The lowest BCUT2D eigenvalue weighted by Gasteiger charge is -2.26. The summed E-state index contributed by atoms with van der Waals surface area (Å²) in [5.41, 5.74) is 2.53. The fourth-order valence-electron chi connectivity index (χ4n) is 3.85. The molecule has 3 aromatic rings. The summed E-state index contributed by atoms with van der Waals surface area (Å²) in [6.45, 7) is 4.91. The first kappa shape index (κ1) is 17.8. The second-order valence-corrected chi connectivity index (χ2v) is 6.99. The van der Waals surface area contributed by atoms with Gasteiger partial charge in [0.15, 0.2) is 5.82 Å². The van der Waals surface area contributed by atoms with E-state index in [1.807, 2.05) is 31.2 Å². The number of nitrogens with one attached hydrogen (secondary N) is 1. The minimum absolute atomic E-state index is 0.0880.